The van der Waals surface area contributed by atoms with Crippen molar-refractivity contribution in [1.82, 2.24) is 9.78 Å². The average Bonchev–Trinajstić information content (AvgIpc) is 2.52. The highest BCUT2D eigenvalue weighted by Gasteiger charge is 1.97. The highest BCUT2D eigenvalue weighted by atomic mass is 35.5. The molecule has 0 unspecified atom stereocenters. The molecule has 2 N–H and O–H groups in total. The van der Waals surface area contributed by atoms with Crippen LogP contribution in [0, 0.1) is 0 Å². The number of rotatable bonds is 1. The van der Waals surface area contributed by atoms with Gasteiger partial charge in [0, 0.05) is 17.3 Å². The van der Waals surface area contributed by atoms with Crippen molar-refractivity contribution in [3.05, 3.63) is 41.6 Å². The molecule has 66 valence electrons. The van der Waals surface area contributed by atoms with Crippen LogP contribution in [0.1, 0.15) is 0 Å². The summed E-state index contributed by atoms with van der Waals surface area (Å²) in [6.45, 7) is 0. The van der Waals surface area contributed by atoms with E-state index in [0.29, 0.717) is 10.8 Å². The van der Waals surface area contributed by atoms with Crippen LogP contribution in [0.2, 0.25) is 5.02 Å². The van der Waals surface area contributed by atoms with E-state index in [1.165, 1.54) is 0 Å². The molecule has 0 radical (unpaired) electrons. The molecule has 3 nitrogen and oxygen atoms in total. The Morgan fingerprint density at radius 2 is 2.15 bits per heavy atom. The zero-order valence-corrected chi connectivity index (χ0v) is 7.57. The Kier molecular flexibility index (Phi) is 1.94. The van der Waals surface area contributed by atoms with Gasteiger partial charge in [0.1, 0.15) is 5.82 Å². The van der Waals surface area contributed by atoms with Crippen molar-refractivity contribution >= 4 is 17.4 Å². The Balaban J connectivity index is 2.46. The Morgan fingerprint density at radius 3 is 2.77 bits per heavy atom. The van der Waals surface area contributed by atoms with E-state index in [-0.39, 0.29) is 0 Å². The van der Waals surface area contributed by atoms with E-state index in [4.69, 9.17) is 17.3 Å². The van der Waals surface area contributed by atoms with Crippen LogP contribution in [-0.2, 0) is 0 Å². The first-order valence-electron chi connectivity index (χ1n) is 3.83. The van der Waals surface area contributed by atoms with E-state index >= 15 is 0 Å². The van der Waals surface area contributed by atoms with Crippen molar-refractivity contribution in [3.63, 3.8) is 0 Å². The van der Waals surface area contributed by atoms with Gasteiger partial charge in [-0.1, -0.05) is 17.7 Å². The van der Waals surface area contributed by atoms with E-state index in [9.17, 15) is 0 Å². The van der Waals surface area contributed by atoms with Crippen LogP contribution in [0.25, 0.3) is 5.69 Å². The maximum atomic E-state index is 5.83. The largest absolute Gasteiger partial charge is 0.382 e. The van der Waals surface area contributed by atoms with Crippen LogP contribution in [0.15, 0.2) is 36.5 Å². The van der Waals surface area contributed by atoms with Crippen molar-refractivity contribution in [2.24, 2.45) is 0 Å². The van der Waals surface area contributed by atoms with E-state index in [2.05, 4.69) is 5.10 Å². The third-order valence-electron chi connectivity index (χ3n) is 1.68. The van der Waals surface area contributed by atoms with E-state index in [1.807, 2.05) is 24.3 Å². The number of anilines is 1. The summed E-state index contributed by atoms with van der Waals surface area (Å²) in [6.07, 6.45) is 1.79. The molecule has 0 aliphatic rings. The first kappa shape index (κ1) is 8.13. The number of hydrogen-bond donors (Lipinski definition) is 1. The fourth-order valence-corrected chi connectivity index (χ4v) is 1.28. The standard InChI is InChI=1S/C9H8ClN3/c10-7-2-1-3-8(6-7)13-5-4-9(11)12-13/h1-6H,(H2,11,12). The minimum atomic E-state index is 0.500. The zero-order valence-electron chi connectivity index (χ0n) is 6.81. The molecule has 0 aliphatic carbocycles. The summed E-state index contributed by atoms with van der Waals surface area (Å²) in [7, 11) is 0. The minimum absolute atomic E-state index is 0.500. The van der Waals surface area contributed by atoms with E-state index in [0.717, 1.165) is 5.69 Å². The van der Waals surface area contributed by atoms with Crippen LogP contribution in [0.5, 0.6) is 0 Å². The van der Waals surface area contributed by atoms with Gasteiger partial charge >= 0.3 is 0 Å². The number of nitrogens with two attached hydrogens (primary N) is 1. The summed E-state index contributed by atoms with van der Waals surface area (Å²) in [6, 6.07) is 9.17. The lowest BCUT2D eigenvalue weighted by atomic mass is 10.3. The lowest BCUT2D eigenvalue weighted by Gasteiger charge is -2.00. The Hall–Kier alpha value is -1.48. The van der Waals surface area contributed by atoms with Gasteiger partial charge in [-0.25, -0.2) is 4.68 Å². The number of halogens is 1. The van der Waals surface area contributed by atoms with Crippen molar-refractivity contribution in [3.8, 4) is 5.69 Å². The molecular weight excluding hydrogens is 186 g/mol. The molecule has 0 amide bonds. The van der Waals surface area contributed by atoms with Gasteiger partial charge in [-0.05, 0) is 18.2 Å². The molecule has 0 spiro atoms. The second kappa shape index (κ2) is 3.11. The smallest absolute Gasteiger partial charge is 0.145 e. The normalized spacial score (nSPS) is 10.2. The van der Waals surface area contributed by atoms with Crippen LogP contribution in [-0.4, -0.2) is 9.78 Å². The highest BCUT2D eigenvalue weighted by Crippen LogP contribution is 2.14. The van der Waals surface area contributed by atoms with E-state index < -0.39 is 0 Å². The fraction of sp³-hybridized carbons (Fsp3) is 0. The van der Waals surface area contributed by atoms with Gasteiger partial charge in [0.2, 0.25) is 0 Å². The third-order valence-corrected chi connectivity index (χ3v) is 1.92. The number of hydrogen-bond acceptors (Lipinski definition) is 2. The lowest BCUT2D eigenvalue weighted by Crippen LogP contribution is -1.95. The van der Waals surface area contributed by atoms with Gasteiger partial charge in [0.15, 0.2) is 0 Å². The predicted molar refractivity (Wildman–Crippen MR) is 53.0 cm³/mol. The molecule has 0 atom stereocenters. The van der Waals surface area contributed by atoms with Gasteiger partial charge in [0.25, 0.3) is 0 Å². The second-order valence-corrected chi connectivity index (χ2v) is 3.10. The van der Waals surface area contributed by atoms with E-state index in [1.54, 1.807) is 16.9 Å². The third kappa shape index (κ3) is 1.65. The number of benzene rings is 1. The predicted octanol–water partition coefficient (Wildman–Crippen LogP) is 2.11. The first-order chi connectivity index (χ1) is 6.25. The molecular formula is C9H8ClN3. The number of aromatic nitrogens is 2. The zero-order chi connectivity index (χ0) is 9.26. The number of nitrogens with zero attached hydrogens (tertiary/aromatic N) is 2. The van der Waals surface area contributed by atoms with Crippen LogP contribution < -0.4 is 5.73 Å². The number of nitrogen functional groups attached to an aromatic ring is 1. The summed E-state index contributed by atoms with van der Waals surface area (Å²) < 4.78 is 1.68. The maximum absolute atomic E-state index is 5.83. The molecule has 0 bridgehead atoms. The van der Waals surface area contributed by atoms with Gasteiger partial charge < -0.3 is 5.73 Å². The van der Waals surface area contributed by atoms with Crippen LogP contribution in [0.4, 0.5) is 5.82 Å². The van der Waals surface area contributed by atoms with Gasteiger partial charge in [-0.3, -0.25) is 0 Å². The molecule has 0 saturated carbocycles. The van der Waals surface area contributed by atoms with Crippen molar-refractivity contribution in [2.75, 3.05) is 5.73 Å². The molecule has 1 aromatic carbocycles. The molecule has 0 saturated heterocycles. The minimum Gasteiger partial charge on any atom is -0.382 e. The molecule has 4 heteroatoms. The van der Waals surface area contributed by atoms with Crippen molar-refractivity contribution in [1.29, 1.82) is 0 Å². The second-order valence-electron chi connectivity index (χ2n) is 2.67. The molecule has 2 aromatic rings. The summed E-state index contributed by atoms with van der Waals surface area (Å²) in [5, 5.41) is 4.74. The van der Waals surface area contributed by atoms with Crippen molar-refractivity contribution < 1.29 is 0 Å². The van der Waals surface area contributed by atoms with Crippen molar-refractivity contribution in [2.45, 2.75) is 0 Å². The molecule has 0 fully saturated rings. The van der Waals surface area contributed by atoms with Gasteiger partial charge in [-0.2, -0.15) is 5.10 Å². The molecule has 1 aromatic heterocycles. The summed E-state index contributed by atoms with van der Waals surface area (Å²) in [5.74, 6) is 0.500. The van der Waals surface area contributed by atoms with Crippen LogP contribution >= 0.6 is 11.6 Å². The SMILES string of the molecule is Nc1ccn(-c2cccc(Cl)c2)n1. The fourth-order valence-electron chi connectivity index (χ4n) is 1.10. The first-order valence-corrected chi connectivity index (χ1v) is 4.20. The highest BCUT2D eigenvalue weighted by molar-refractivity contribution is 6.30. The van der Waals surface area contributed by atoms with Gasteiger partial charge in [0.05, 0.1) is 5.69 Å². The van der Waals surface area contributed by atoms with Crippen LogP contribution in [0.3, 0.4) is 0 Å². The topological polar surface area (TPSA) is 43.8 Å². The Labute approximate surface area is 80.7 Å². The average molecular weight is 194 g/mol. The summed E-state index contributed by atoms with van der Waals surface area (Å²) in [4.78, 5) is 0. The lowest BCUT2D eigenvalue weighted by molar-refractivity contribution is 0.886. The maximum Gasteiger partial charge on any atom is 0.145 e. The monoisotopic (exact) mass is 193 g/mol. The Morgan fingerprint density at radius 1 is 1.31 bits per heavy atom. The summed E-state index contributed by atoms with van der Waals surface area (Å²) >= 11 is 5.83. The molecule has 0 aliphatic heterocycles. The molecule has 1 heterocycles. The van der Waals surface area contributed by atoms with Gasteiger partial charge in [-0.15, -0.1) is 0 Å². The summed E-state index contributed by atoms with van der Waals surface area (Å²) in [5.41, 5.74) is 6.40. The Bertz CT molecular complexity index is 422. The quantitative estimate of drug-likeness (QED) is 0.754. The molecule has 2 rings (SSSR count). The molecule has 13 heavy (non-hydrogen) atoms.